The van der Waals surface area contributed by atoms with E-state index < -0.39 is 6.04 Å². The van der Waals surface area contributed by atoms with E-state index in [1.54, 1.807) is 0 Å². The van der Waals surface area contributed by atoms with Crippen LogP contribution < -0.4 is 11.1 Å². The van der Waals surface area contributed by atoms with E-state index in [1.807, 2.05) is 38.1 Å². The number of nitrogens with one attached hydrogen (secondary N) is 1. The van der Waals surface area contributed by atoms with Crippen molar-refractivity contribution in [1.82, 2.24) is 5.32 Å². The summed E-state index contributed by atoms with van der Waals surface area (Å²) in [7, 11) is 0. The summed E-state index contributed by atoms with van der Waals surface area (Å²) in [6.45, 7) is 8.17. The van der Waals surface area contributed by atoms with Gasteiger partial charge in [0.2, 0.25) is 5.91 Å². The molecule has 0 aliphatic carbocycles. The summed E-state index contributed by atoms with van der Waals surface area (Å²) in [5, 5.41) is 2.98. The lowest BCUT2D eigenvalue weighted by Crippen LogP contribution is -2.42. The Morgan fingerprint density at radius 2 is 1.89 bits per heavy atom. The maximum absolute atomic E-state index is 11.9. The molecule has 18 heavy (non-hydrogen) atoms. The first-order valence-corrected chi connectivity index (χ1v) is 6.53. The van der Waals surface area contributed by atoms with Gasteiger partial charge in [0, 0.05) is 0 Å². The van der Waals surface area contributed by atoms with Gasteiger partial charge in [-0.15, -0.1) is 0 Å². The first kappa shape index (κ1) is 14.7. The predicted molar refractivity (Wildman–Crippen MR) is 75.2 cm³/mol. The fourth-order valence-corrected chi connectivity index (χ4v) is 2.09. The molecule has 1 aromatic rings. The monoisotopic (exact) mass is 248 g/mol. The Kier molecular flexibility index (Phi) is 5.35. The molecule has 1 amide bonds. The van der Waals surface area contributed by atoms with Crippen LogP contribution in [-0.4, -0.2) is 11.9 Å². The second kappa shape index (κ2) is 6.55. The number of aryl methyl sites for hydroxylation is 1. The quantitative estimate of drug-likeness (QED) is 0.841. The van der Waals surface area contributed by atoms with E-state index in [1.165, 1.54) is 5.56 Å². The van der Waals surface area contributed by atoms with Crippen LogP contribution in [0.5, 0.6) is 0 Å². The summed E-state index contributed by atoms with van der Waals surface area (Å²) < 4.78 is 0. The van der Waals surface area contributed by atoms with Crippen molar-refractivity contribution in [2.45, 2.75) is 46.2 Å². The van der Waals surface area contributed by atoms with Gasteiger partial charge in [-0.3, -0.25) is 4.79 Å². The third-order valence-electron chi connectivity index (χ3n) is 3.08. The Morgan fingerprint density at radius 3 is 2.44 bits per heavy atom. The van der Waals surface area contributed by atoms with E-state index in [4.69, 9.17) is 5.73 Å². The van der Waals surface area contributed by atoms with Crippen molar-refractivity contribution in [3.05, 3.63) is 35.4 Å². The molecular formula is C15H24N2O. The predicted octanol–water partition coefficient (Wildman–Crippen LogP) is 2.55. The van der Waals surface area contributed by atoms with Crippen LogP contribution in [0.4, 0.5) is 0 Å². The highest BCUT2D eigenvalue weighted by Crippen LogP contribution is 2.16. The fourth-order valence-electron chi connectivity index (χ4n) is 2.09. The number of amides is 1. The highest BCUT2D eigenvalue weighted by Gasteiger charge is 2.18. The van der Waals surface area contributed by atoms with E-state index >= 15 is 0 Å². The number of carbonyl (C=O) groups excluding carboxylic acids is 1. The van der Waals surface area contributed by atoms with Crippen molar-refractivity contribution in [2.24, 2.45) is 11.7 Å². The molecule has 1 aromatic carbocycles. The average molecular weight is 248 g/mol. The van der Waals surface area contributed by atoms with Crippen molar-refractivity contribution in [3.63, 3.8) is 0 Å². The molecule has 0 aromatic heterocycles. The minimum absolute atomic E-state index is 0.00286. The molecule has 0 aliphatic rings. The van der Waals surface area contributed by atoms with Gasteiger partial charge in [0.15, 0.2) is 0 Å². The summed E-state index contributed by atoms with van der Waals surface area (Å²) in [6.07, 6.45) is 0.715. The van der Waals surface area contributed by atoms with Gasteiger partial charge in [-0.05, 0) is 37.3 Å². The number of hydrogen-bond acceptors (Lipinski definition) is 2. The molecule has 3 N–H and O–H groups in total. The van der Waals surface area contributed by atoms with Crippen LogP contribution in [0.3, 0.4) is 0 Å². The average Bonchev–Trinajstić information content (AvgIpc) is 2.28. The summed E-state index contributed by atoms with van der Waals surface area (Å²) >= 11 is 0. The zero-order chi connectivity index (χ0) is 13.7. The first-order chi connectivity index (χ1) is 8.41. The van der Waals surface area contributed by atoms with Gasteiger partial charge in [-0.25, -0.2) is 0 Å². The zero-order valence-corrected chi connectivity index (χ0v) is 11.7. The van der Waals surface area contributed by atoms with Crippen molar-refractivity contribution in [2.75, 3.05) is 0 Å². The lowest BCUT2D eigenvalue weighted by molar-refractivity contribution is -0.123. The van der Waals surface area contributed by atoms with Gasteiger partial charge >= 0.3 is 0 Å². The molecule has 0 saturated heterocycles. The Bertz CT molecular complexity index is 401. The van der Waals surface area contributed by atoms with Crippen LogP contribution in [-0.2, 0) is 4.79 Å². The number of carbonyl (C=O) groups is 1. The second-order valence-electron chi connectivity index (χ2n) is 5.32. The lowest BCUT2D eigenvalue weighted by atomic mass is 10.0. The van der Waals surface area contributed by atoms with Crippen LogP contribution in [0.2, 0.25) is 0 Å². The molecule has 3 nitrogen and oxygen atoms in total. The van der Waals surface area contributed by atoms with E-state index in [2.05, 4.69) is 19.2 Å². The molecule has 100 valence electrons. The van der Waals surface area contributed by atoms with Gasteiger partial charge < -0.3 is 11.1 Å². The first-order valence-electron chi connectivity index (χ1n) is 6.53. The molecule has 1 rings (SSSR count). The maximum atomic E-state index is 11.9. The Labute approximate surface area is 110 Å². The second-order valence-corrected chi connectivity index (χ2v) is 5.32. The SMILES string of the molecule is Cc1ccccc1[C@H](C)NC(=O)[C@H](N)CC(C)C. The molecule has 0 spiro atoms. The Morgan fingerprint density at radius 1 is 1.28 bits per heavy atom. The molecule has 0 aliphatic heterocycles. The van der Waals surface area contributed by atoms with E-state index in [0.29, 0.717) is 12.3 Å². The number of benzene rings is 1. The normalized spacial score (nSPS) is 14.3. The van der Waals surface area contributed by atoms with Crippen LogP contribution in [0, 0.1) is 12.8 Å². The molecule has 3 heteroatoms. The van der Waals surface area contributed by atoms with Crippen LogP contribution in [0.1, 0.15) is 44.4 Å². The largest absolute Gasteiger partial charge is 0.348 e. The molecule has 0 fully saturated rings. The Balaban J connectivity index is 2.62. The molecule has 0 unspecified atom stereocenters. The highest BCUT2D eigenvalue weighted by atomic mass is 16.2. The highest BCUT2D eigenvalue weighted by molar-refractivity contribution is 5.81. The standard InChI is InChI=1S/C15H24N2O/c1-10(2)9-14(16)15(18)17-12(4)13-8-6-5-7-11(13)3/h5-8,10,12,14H,9,16H2,1-4H3,(H,17,18)/t12-,14+/m0/s1. The van der Waals surface area contributed by atoms with E-state index in [-0.39, 0.29) is 11.9 Å². The van der Waals surface area contributed by atoms with Crippen molar-refractivity contribution in [3.8, 4) is 0 Å². The fraction of sp³-hybridized carbons (Fsp3) is 0.533. The van der Waals surface area contributed by atoms with Crippen LogP contribution in [0.15, 0.2) is 24.3 Å². The van der Waals surface area contributed by atoms with Crippen molar-refractivity contribution >= 4 is 5.91 Å². The van der Waals surface area contributed by atoms with Gasteiger partial charge in [0.1, 0.15) is 0 Å². The van der Waals surface area contributed by atoms with E-state index in [9.17, 15) is 4.79 Å². The van der Waals surface area contributed by atoms with Crippen molar-refractivity contribution < 1.29 is 4.79 Å². The molecular weight excluding hydrogens is 224 g/mol. The minimum Gasteiger partial charge on any atom is -0.348 e. The lowest BCUT2D eigenvalue weighted by Gasteiger charge is -2.20. The van der Waals surface area contributed by atoms with Gasteiger partial charge in [0.05, 0.1) is 12.1 Å². The minimum atomic E-state index is -0.420. The van der Waals surface area contributed by atoms with E-state index in [0.717, 1.165) is 5.56 Å². The zero-order valence-electron chi connectivity index (χ0n) is 11.7. The number of nitrogens with two attached hydrogens (primary N) is 1. The molecule has 0 heterocycles. The van der Waals surface area contributed by atoms with Crippen molar-refractivity contribution in [1.29, 1.82) is 0 Å². The summed E-state index contributed by atoms with van der Waals surface area (Å²) in [4.78, 5) is 11.9. The van der Waals surface area contributed by atoms with Gasteiger partial charge in [-0.1, -0.05) is 38.1 Å². The molecule has 0 bridgehead atoms. The van der Waals surface area contributed by atoms with Crippen LogP contribution >= 0.6 is 0 Å². The number of hydrogen-bond donors (Lipinski definition) is 2. The third kappa shape index (κ3) is 4.15. The molecule has 0 radical (unpaired) electrons. The summed E-state index contributed by atoms with van der Waals surface area (Å²) in [5.74, 6) is 0.360. The summed E-state index contributed by atoms with van der Waals surface area (Å²) in [5.41, 5.74) is 8.19. The Hall–Kier alpha value is -1.35. The molecule has 2 atom stereocenters. The summed E-state index contributed by atoms with van der Waals surface area (Å²) in [6, 6.07) is 7.64. The van der Waals surface area contributed by atoms with Crippen LogP contribution in [0.25, 0.3) is 0 Å². The third-order valence-corrected chi connectivity index (χ3v) is 3.08. The smallest absolute Gasteiger partial charge is 0.237 e. The molecule has 0 saturated carbocycles. The van der Waals surface area contributed by atoms with Gasteiger partial charge in [0.25, 0.3) is 0 Å². The number of rotatable bonds is 5. The maximum Gasteiger partial charge on any atom is 0.237 e. The van der Waals surface area contributed by atoms with Gasteiger partial charge in [-0.2, -0.15) is 0 Å². The topological polar surface area (TPSA) is 55.1 Å².